The monoisotopic (exact) mass is 1210 g/mol. The van der Waals surface area contributed by atoms with Crippen molar-refractivity contribution in [3.63, 3.8) is 0 Å². The van der Waals surface area contributed by atoms with Crippen LogP contribution in [0.15, 0.2) is 219 Å². The van der Waals surface area contributed by atoms with Crippen molar-refractivity contribution in [2.45, 2.75) is 82.6 Å². The van der Waals surface area contributed by atoms with Crippen LogP contribution in [0.2, 0.25) is 0 Å². The first kappa shape index (κ1) is 64.0. The first-order chi connectivity index (χ1) is 44.3. The summed E-state index contributed by atoms with van der Waals surface area (Å²) in [4.78, 5) is 56.6. The third kappa shape index (κ3) is 16.0. The molecule has 0 amide bonds. The summed E-state index contributed by atoms with van der Waals surface area (Å²) in [6, 6.07) is 63.6. The number of unbranched alkanes of at least 4 members (excludes halogenated alkanes) is 2. The minimum absolute atomic E-state index is 0.00673. The summed E-state index contributed by atoms with van der Waals surface area (Å²) in [7, 11) is 0. The molecule has 1 saturated heterocycles. The van der Waals surface area contributed by atoms with E-state index < -0.39 is 54.1 Å². The van der Waals surface area contributed by atoms with E-state index in [1.54, 1.807) is 121 Å². The molecule has 15 heteroatoms. The maximum absolute atomic E-state index is 13.9. The Bertz CT molecular complexity index is 3930. The number of hydrogen-bond acceptors (Lipinski definition) is 14. The number of benzene rings is 8. The first-order valence-corrected chi connectivity index (χ1v) is 29.8. The standard InChI is InChI=1S/C39H34N2O5.C37H30N2O6/c1-3-36(37(4-2)46-39(43)34-19-17-32(18-20-34)30-13-9-28(26-40)10-14-30)45-38(42)8-6-5-7-25-44-35-23-21-33(22-24-35)31-15-11-29(27-41)12-16-31;1-4-25-21-23(2)33-34(25)43-36(41)37(35(40)42-33,44-31-17-11-28(12-18-31)26-7-5-24(22-38)6-8-26)45-32-19-13-29(14-20-32)27-9-15-30(39-3)16-10-27/h3-4,9-24,36-37H,1-2,5-8,25H2;5-20,23,25,33-34H,4,21H2,1-2H3. The van der Waals surface area contributed by atoms with Crippen molar-refractivity contribution in [1.82, 2.24) is 0 Å². The molecule has 454 valence electrons. The van der Waals surface area contributed by atoms with Crippen molar-refractivity contribution in [1.29, 1.82) is 15.8 Å². The van der Waals surface area contributed by atoms with Crippen molar-refractivity contribution in [2.24, 2.45) is 11.8 Å². The van der Waals surface area contributed by atoms with Gasteiger partial charge in [-0.2, -0.15) is 15.8 Å². The lowest BCUT2D eigenvalue weighted by molar-refractivity contribution is -0.204. The number of ether oxygens (including phenoxy) is 7. The molecule has 7 unspecified atom stereocenters. The lowest BCUT2D eigenvalue weighted by Gasteiger charge is -2.29. The van der Waals surface area contributed by atoms with Crippen LogP contribution in [0.3, 0.4) is 0 Å². The maximum atomic E-state index is 13.9. The van der Waals surface area contributed by atoms with E-state index in [0.29, 0.717) is 41.0 Å². The van der Waals surface area contributed by atoms with E-state index in [1.807, 2.05) is 86.6 Å². The molecule has 7 atom stereocenters. The smallest absolute Gasteiger partial charge is 0.453 e. The Morgan fingerprint density at radius 1 is 0.560 bits per heavy atom. The van der Waals surface area contributed by atoms with E-state index >= 15 is 0 Å². The zero-order valence-electron chi connectivity index (χ0n) is 50.2. The van der Waals surface area contributed by atoms with Crippen LogP contribution < -0.4 is 14.2 Å². The molecule has 1 heterocycles. The molecule has 91 heavy (non-hydrogen) atoms. The van der Waals surface area contributed by atoms with Gasteiger partial charge in [0, 0.05) is 6.42 Å². The average molecular weight is 1210 g/mol. The molecule has 1 aliphatic heterocycles. The van der Waals surface area contributed by atoms with Crippen LogP contribution in [-0.4, -0.2) is 60.7 Å². The van der Waals surface area contributed by atoms with E-state index in [4.69, 9.17) is 55.5 Å². The quantitative estimate of drug-likeness (QED) is 0.0118. The van der Waals surface area contributed by atoms with Crippen molar-refractivity contribution < 1.29 is 52.3 Å². The van der Waals surface area contributed by atoms with Crippen LogP contribution in [0.4, 0.5) is 5.69 Å². The summed E-state index contributed by atoms with van der Waals surface area (Å²) < 4.78 is 41.2. The summed E-state index contributed by atoms with van der Waals surface area (Å²) in [5.41, 5.74) is 9.98. The lowest BCUT2D eigenvalue weighted by atomic mass is 10.0. The second-order valence-corrected chi connectivity index (χ2v) is 21.8. The Morgan fingerprint density at radius 3 is 1.35 bits per heavy atom. The highest BCUT2D eigenvalue weighted by Crippen LogP contribution is 2.42. The predicted molar refractivity (Wildman–Crippen MR) is 343 cm³/mol. The third-order valence-electron chi connectivity index (χ3n) is 15.7. The van der Waals surface area contributed by atoms with Gasteiger partial charge in [0.2, 0.25) is 0 Å². The van der Waals surface area contributed by atoms with Crippen LogP contribution in [-0.2, 0) is 33.3 Å². The molecule has 0 spiro atoms. The highest BCUT2D eigenvalue weighted by atomic mass is 16.8. The van der Waals surface area contributed by atoms with Gasteiger partial charge in [0.05, 0.1) is 53.6 Å². The number of carbonyl (C=O) groups is 4. The minimum atomic E-state index is -2.54. The maximum Gasteiger partial charge on any atom is 0.453 e. The van der Waals surface area contributed by atoms with Crippen molar-refractivity contribution in [3.8, 4) is 80.0 Å². The first-order valence-electron chi connectivity index (χ1n) is 29.8. The van der Waals surface area contributed by atoms with E-state index in [2.05, 4.69) is 36.2 Å². The molecule has 8 aromatic rings. The van der Waals surface area contributed by atoms with Gasteiger partial charge < -0.3 is 33.2 Å². The molecule has 0 N–H and O–H groups in total. The predicted octanol–water partition coefficient (Wildman–Crippen LogP) is 15.7. The van der Waals surface area contributed by atoms with Gasteiger partial charge in [-0.3, -0.25) is 4.79 Å². The van der Waals surface area contributed by atoms with Crippen molar-refractivity contribution in [2.75, 3.05) is 6.61 Å². The fourth-order valence-electron chi connectivity index (χ4n) is 10.6. The van der Waals surface area contributed by atoms with E-state index in [9.17, 15) is 19.2 Å². The zero-order chi connectivity index (χ0) is 64.3. The van der Waals surface area contributed by atoms with Gasteiger partial charge in [0.25, 0.3) is 0 Å². The Labute approximate surface area is 529 Å². The fraction of sp³-hybridized carbons (Fsp3) is 0.211. The van der Waals surface area contributed by atoms with E-state index in [-0.39, 0.29) is 29.8 Å². The lowest BCUT2D eigenvalue weighted by Crippen LogP contribution is -2.57. The molecule has 1 aliphatic carbocycles. The zero-order valence-corrected chi connectivity index (χ0v) is 50.2. The Hall–Kier alpha value is -11.5. The summed E-state index contributed by atoms with van der Waals surface area (Å²) >= 11 is 0. The molecule has 1 saturated carbocycles. The molecule has 2 fully saturated rings. The number of hydrogen-bond donors (Lipinski definition) is 0. The second-order valence-electron chi connectivity index (χ2n) is 21.8. The van der Waals surface area contributed by atoms with Crippen molar-refractivity contribution >= 4 is 29.6 Å². The van der Waals surface area contributed by atoms with Gasteiger partial charge in [-0.05, 0) is 186 Å². The minimum Gasteiger partial charge on any atom is -0.494 e. The normalized spacial score (nSPS) is 17.6. The number of nitriles is 3. The Morgan fingerprint density at radius 2 is 0.945 bits per heavy atom. The summed E-state index contributed by atoms with van der Waals surface area (Å²) in [5, 5.41) is 27.0. The SMILES string of the molecule is C=CC(OC(=O)CCCCCOc1ccc(-c2ccc(C#N)cc2)cc1)C(C=C)OC(=O)c1ccc(-c2ccc(C#N)cc2)cc1.[C-]#[N+]c1ccc(-c2ccc(OC3(Oc4ccc(-c5ccc(C#N)cc5)cc4)C(=O)OC4C(C)CC(CC)C4OC3=O)cc2)cc1. The largest absolute Gasteiger partial charge is 0.494 e. The molecular formula is C76H64N4O11. The van der Waals surface area contributed by atoms with Gasteiger partial charge in [0.1, 0.15) is 29.5 Å². The van der Waals surface area contributed by atoms with Gasteiger partial charge in [-0.15, -0.1) is 0 Å². The number of carbonyl (C=O) groups excluding carboxylic acids is 4. The van der Waals surface area contributed by atoms with Gasteiger partial charge in [0.15, 0.2) is 17.9 Å². The van der Waals surface area contributed by atoms with Crippen molar-refractivity contribution in [3.05, 3.63) is 253 Å². The molecule has 15 nitrogen and oxygen atoms in total. The molecule has 0 radical (unpaired) electrons. The molecule has 8 aromatic carbocycles. The Kier molecular flexibility index (Phi) is 21.4. The van der Waals surface area contributed by atoms with Gasteiger partial charge in [-0.1, -0.05) is 136 Å². The van der Waals surface area contributed by atoms with Crippen LogP contribution in [0, 0.1) is 52.4 Å². The highest BCUT2D eigenvalue weighted by Gasteiger charge is 2.62. The number of nitrogens with zero attached hydrogens (tertiary/aromatic N) is 4. The molecule has 0 bridgehead atoms. The molecule has 10 rings (SSSR count). The number of fused-ring (bicyclic) bond motifs is 1. The molecule has 2 aliphatic rings. The number of esters is 4. The summed E-state index contributed by atoms with van der Waals surface area (Å²) in [6.07, 6.45) is 3.76. The molecular weight excluding hydrogens is 1140 g/mol. The van der Waals surface area contributed by atoms with Crippen LogP contribution in [0.5, 0.6) is 17.2 Å². The van der Waals surface area contributed by atoms with E-state index in [1.165, 1.54) is 12.2 Å². The van der Waals surface area contributed by atoms with Crippen LogP contribution in [0.25, 0.3) is 49.4 Å². The topological polar surface area (TPSA) is 209 Å². The average Bonchev–Trinajstić information content (AvgIpc) is 1.66. The fourth-order valence-corrected chi connectivity index (χ4v) is 10.6. The third-order valence-corrected chi connectivity index (χ3v) is 15.7. The highest BCUT2D eigenvalue weighted by molar-refractivity contribution is 6.03. The number of rotatable bonds is 22. The molecule has 0 aromatic heterocycles. The second kappa shape index (κ2) is 30.4. The summed E-state index contributed by atoms with van der Waals surface area (Å²) in [5.74, 6) is -4.29. The van der Waals surface area contributed by atoms with Gasteiger partial charge >= 0.3 is 29.7 Å². The summed E-state index contributed by atoms with van der Waals surface area (Å²) in [6.45, 7) is 19.2. The van der Waals surface area contributed by atoms with E-state index in [0.717, 1.165) is 75.9 Å². The van der Waals surface area contributed by atoms with Gasteiger partial charge in [-0.25, -0.2) is 19.2 Å². The van der Waals surface area contributed by atoms with Crippen LogP contribution >= 0.6 is 0 Å². The van der Waals surface area contributed by atoms with Crippen LogP contribution in [0.1, 0.15) is 79.4 Å². The Balaban J connectivity index is 0.000000215.